The molecule has 0 amide bonds. The minimum atomic E-state index is -4.56. The average Bonchev–Trinajstić information content (AvgIpc) is 2.68. The van der Waals surface area contributed by atoms with Crippen molar-refractivity contribution in [1.29, 1.82) is 0 Å². The van der Waals surface area contributed by atoms with Gasteiger partial charge in [0.05, 0.1) is 15.4 Å². The van der Waals surface area contributed by atoms with E-state index in [0.29, 0.717) is 11.4 Å². The van der Waals surface area contributed by atoms with Gasteiger partial charge < -0.3 is 4.90 Å². The molecule has 0 radical (unpaired) electrons. The van der Waals surface area contributed by atoms with Crippen LogP contribution in [0.1, 0.15) is 5.56 Å². The smallest absolute Gasteiger partial charge is 0.310 e. The molecule has 0 heterocycles. The number of nitrogens with zero attached hydrogens (tertiary/aromatic N) is 3. The molecule has 0 saturated carbocycles. The van der Waals surface area contributed by atoms with E-state index in [-0.39, 0.29) is 17.1 Å². The van der Waals surface area contributed by atoms with Crippen LogP contribution in [0, 0.1) is 20.2 Å². The summed E-state index contributed by atoms with van der Waals surface area (Å²) >= 11 is 0. The second-order valence-electron chi connectivity index (χ2n) is 5.93. The van der Waals surface area contributed by atoms with Crippen molar-refractivity contribution >= 4 is 28.4 Å². The van der Waals surface area contributed by atoms with Crippen LogP contribution in [0.2, 0.25) is 0 Å². The summed E-state index contributed by atoms with van der Waals surface area (Å²) in [7, 11) is 0. The van der Waals surface area contributed by atoms with Crippen LogP contribution in [-0.4, -0.2) is 9.85 Å². The lowest BCUT2D eigenvalue weighted by atomic mass is 10.1. The zero-order valence-electron chi connectivity index (χ0n) is 14.5. The van der Waals surface area contributed by atoms with Crippen molar-refractivity contribution in [3.8, 4) is 0 Å². The van der Waals surface area contributed by atoms with Crippen molar-refractivity contribution in [1.82, 2.24) is 0 Å². The Morgan fingerprint density at radius 1 is 0.690 bits per heavy atom. The monoisotopic (exact) mass is 403 g/mol. The van der Waals surface area contributed by atoms with E-state index in [4.69, 9.17) is 0 Å². The normalized spacial score (nSPS) is 11.1. The number of nitro benzene ring substituents is 2. The summed E-state index contributed by atoms with van der Waals surface area (Å²) in [6.45, 7) is 0. The lowest BCUT2D eigenvalue weighted by Crippen LogP contribution is -2.12. The van der Waals surface area contributed by atoms with Crippen molar-refractivity contribution in [2.75, 3.05) is 4.90 Å². The number of anilines is 3. The first-order valence-corrected chi connectivity index (χ1v) is 8.13. The standard InChI is InChI=1S/C19H12F3N3O4/c20-19(21,22)13-2-1-3-18(12-13)23(14-4-8-16(9-5-14)24(26)27)15-6-10-17(11-7-15)25(28)29/h1-12H. The highest BCUT2D eigenvalue weighted by Crippen LogP contribution is 2.38. The average molecular weight is 403 g/mol. The Morgan fingerprint density at radius 3 is 1.52 bits per heavy atom. The van der Waals surface area contributed by atoms with Gasteiger partial charge in [0.1, 0.15) is 0 Å². The van der Waals surface area contributed by atoms with Gasteiger partial charge >= 0.3 is 6.18 Å². The molecule has 0 aliphatic rings. The van der Waals surface area contributed by atoms with Crippen LogP contribution in [0.5, 0.6) is 0 Å². The molecule has 0 aromatic heterocycles. The van der Waals surface area contributed by atoms with Gasteiger partial charge in [-0.2, -0.15) is 13.2 Å². The van der Waals surface area contributed by atoms with Crippen LogP contribution in [0.15, 0.2) is 72.8 Å². The fraction of sp³-hybridized carbons (Fsp3) is 0.0526. The van der Waals surface area contributed by atoms with Crippen molar-refractivity contribution in [2.24, 2.45) is 0 Å². The molecule has 29 heavy (non-hydrogen) atoms. The Morgan fingerprint density at radius 2 is 1.14 bits per heavy atom. The van der Waals surface area contributed by atoms with Crippen molar-refractivity contribution in [3.05, 3.63) is 98.6 Å². The molecule has 0 atom stereocenters. The lowest BCUT2D eigenvalue weighted by molar-refractivity contribution is -0.385. The molecule has 148 valence electrons. The molecule has 0 spiro atoms. The molecular weight excluding hydrogens is 391 g/mol. The molecule has 3 aromatic rings. The Kier molecular flexibility index (Phi) is 5.18. The van der Waals surface area contributed by atoms with Gasteiger partial charge in [-0.1, -0.05) is 6.07 Å². The largest absolute Gasteiger partial charge is 0.416 e. The van der Waals surface area contributed by atoms with Gasteiger partial charge in [-0.25, -0.2) is 0 Å². The van der Waals surface area contributed by atoms with E-state index in [0.717, 1.165) is 12.1 Å². The number of halogens is 3. The number of non-ortho nitro benzene ring substituents is 2. The third-order valence-corrected chi connectivity index (χ3v) is 4.07. The molecule has 3 rings (SSSR count). The minimum Gasteiger partial charge on any atom is -0.310 e. The first kappa shape index (κ1) is 19.8. The maximum Gasteiger partial charge on any atom is 0.416 e. The van der Waals surface area contributed by atoms with Gasteiger partial charge in [0, 0.05) is 41.3 Å². The van der Waals surface area contributed by atoms with Gasteiger partial charge in [0.15, 0.2) is 0 Å². The molecular formula is C19H12F3N3O4. The Balaban J connectivity index is 2.13. The topological polar surface area (TPSA) is 89.5 Å². The number of hydrogen-bond donors (Lipinski definition) is 0. The van der Waals surface area contributed by atoms with Crippen LogP contribution in [0.25, 0.3) is 0 Å². The summed E-state index contributed by atoms with van der Waals surface area (Å²) in [5.41, 5.74) is -0.387. The molecule has 0 fully saturated rings. The van der Waals surface area contributed by atoms with E-state index in [9.17, 15) is 33.4 Å². The second-order valence-corrected chi connectivity index (χ2v) is 5.93. The van der Waals surface area contributed by atoms with Gasteiger partial charge in [-0.3, -0.25) is 20.2 Å². The molecule has 3 aromatic carbocycles. The first-order chi connectivity index (χ1) is 13.7. The quantitative estimate of drug-likeness (QED) is 0.385. The number of alkyl halides is 3. The van der Waals surface area contributed by atoms with Crippen LogP contribution in [0.4, 0.5) is 41.6 Å². The molecule has 0 unspecified atom stereocenters. The van der Waals surface area contributed by atoms with Crippen molar-refractivity contribution in [2.45, 2.75) is 6.18 Å². The number of nitro groups is 2. The van der Waals surface area contributed by atoms with Gasteiger partial charge in [-0.05, 0) is 42.5 Å². The third-order valence-electron chi connectivity index (χ3n) is 4.07. The van der Waals surface area contributed by atoms with Crippen molar-refractivity contribution < 1.29 is 23.0 Å². The fourth-order valence-corrected chi connectivity index (χ4v) is 2.72. The Bertz CT molecular complexity index is 994. The van der Waals surface area contributed by atoms with Crippen molar-refractivity contribution in [3.63, 3.8) is 0 Å². The Hall–Kier alpha value is -3.95. The van der Waals surface area contributed by atoms with E-state index in [1.807, 2.05) is 0 Å². The molecule has 0 aliphatic carbocycles. The molecule has 0 N–H and O–H groups in total. The van der Waals surface area contributed by atoms with Gasteiger partial charge in [-0.15, -0.1) is 0 Å². The maximum absolute atomic E-state index is 13.2. The molecule has 0 aliphatic heterocycles. The number of rotatable bonds is 5. The van der Waals surface area contributed by atoms with E-state index < -0.39 is 21.6 Å². The summed E-state index contributed by atoms with van der Waals surface area (Å²) in [6, 6.07) is 15.0. The van der Waals surface area contributed by atoms with Crippen LogP contribution >= 0.6 is 0 Å². The molecule has 7 nitrogen and oxygen atoms in total. The fourth-order valence-electron chi connectivity index (χ4n) is 2.72. The van der Waals surface area contributed by atoms with Gasteiger partial charge in [0.25, 0.3) is 11.4 Å². The highest BCUT2D eigenvalue weighted by molar-refractivity contribution is 5.77. The second kappa shape index (κ2) is 7.58. The highest BCUT2D eigenvalue weighted by Gasteiger charge is 2.31. The SMILES string of the molecule is O=[N+]([O-])c1ccc(N(c2ccc([N+](=O)[O-])cc2)c2cccc(C(F)(F)F)c2)cc1. The van der Waals surface area contributed by atoms with E-state index >= 15 is 0 Å². The summed E-state index contributed by atoms with van der Waals surface area (Å²) in [5.74, 6) is 0. The predicted molar refractivity (Wildman–Crippen MR) is 99.4 cm³/mol. The van der Waals surface area contributed by atoms with Crippen LogP contribution < -0.4 is 4.90 Å². The third kappa shape index (κ3) is 4.32. The minimum absolute atomic E-state index is 0.141. The number of hydrogen-bond acceptors (Lipinski definition) is 5. The summed E-state index contributed by atoms with van der Waals surface area (Å²) in [5, 5.41) is 21.8. The maximum atomic E-state index is 13.2. The van der Waals surface area contributed by atoms with Crippen LogP contribution in [-0.2, 0) is 6.18 Å². The van der Waals surface area contributed by atoms with Crippen LogP contribution in [0.3, 0.4) is 0 Å². The summed E-state index contributed by atoms with van der Waals surface area (Å²) < 4.78 is 39.5. The molecule has 10 heteroatoms. The zero-order valence-corrected chi connectivity index (χ0v) is 14.5. The predicted octanol–water partition coefficient (Wildman–Crippen LogP) is 5.99. The zero-order chi connectivity index (χ0) is 21.2. The Labute approximate surface area is 161 Å². The van der Waals surface area contributed by atoms with E-state index in [1.165, 1.54) is 65.6 Å². The highest BCUT2D eigenvalue weighted by atomic mass is 19.4. The summed E-state index contributed by atoms with van der Waals surface area (Å²) in [6.07, 6.45) is -4.56. The number of benzene rings is 3. The lowest BCUT2D eigenvalue weighted by Gasteiger charge is -2.26. The first-order valence-electron chi connectivity index (χ1n) is 8.13. The molecule has 0 bridgehead atoms. The van der Waals surface area contributed by atoms with E-state index in [1.54, 1.807) is 0 Å². The van der Waals surface area contributed by atoms with Gasteiger partial charge in [0.2, 0.25) is 0 Å². The van der Waals surface area contributed by atoms with E-state index in [2.05, 4.69) is 0 Å². The summed E-state index contributed by atoms with van der Waals surface area (Å²) in [4.78, 5) is 22.0. The molecule has 0 saturated heterocycles.